The second-order valence-electron chi connectivity index (χ2n) is 5.59. The first kappa shape index (κ1) is 24.2. The topological polar surface area (TPSA) is 228 Å². The zero-order valence-electron chi connectivity index (χ0n) is 14.5. The highest BCUT2D eigenvalue weighted by Crippen LogP contribution is 2.01. The molecule has 27 heavy (non-hydrogen) atoms. The number of carbonyl (C=O) groups excluding carboxylic acids is 3. The van der Waals surface area contributed by atoms with Gasteiger partial charge in [0.05, 0.1) is 13.2 Å². The zero-order chi connectivity index (χ0) is 21.1. The van der Waals surface area contributed by atoms with Crippen molar-refractivity contribution in [3.8, 4) is 0 Å². The van der Waals surface area contributed by atoms with Crippen molar-refractivity contribution in [2.24, 2.45) is 5.73 Å². The van der Waals surface area contributed by atoms with Gasteiger partial charge in [-0.15, -0.1) is 0 Å². The van der Waals surface area contributed by atoms with E-state index in [0.717, 1.165) is 0 Å². The monoisotopic (exact) mass is 392 g/mol. The first-order chi connectivity index (χ1) is 12.5. The maximum atomic E-state index is 12.2. The number of nitrogens with one attached hydrogen (secondary N) is 3. The molecule has 13 nitrogen and oxygen atoms in total. The molecule has 0 aromatic heterocycles. The number of hydrogen-bond acceptors (Lipinski definition) is 8. The summed E-state index contributed by atoms with van der Waals surface area (Å²) in [7, 11) is 0. The van der Waals surface area contributed by atoms with Gasteiger partial charge in [-0.05, 0) is 13.3 Å². The number of amides is 3. The Balaban J connectivity index is 5.12. The Hall–Kier alpha value is -2.77. The van der Waals surface area contributed by atoms with Crippen LogP contribution in [0.4, 0.5) is 0 Å². The van der Waals surface area contributed by atoms with Crippen LogP contribution in [0.3, 0.4) is 0 Å². The van der Waals surface area contributed by atoms with E-state index in [4.69, 9.17) is 21.1 Å². The number of carbonyl (C=O) groups is 5. The number of hydrogen-bond donors (Lipinski definition) is 8. The maximum Gasteiger partial charge on any atom is 0.325 e. The van der Waals surface area contributed by atoms with Crippen molar-refractivity contribution in [2.45, 2.75) is 43.9 Å². The highest BCUT2D eigenvalue weighted by molar-refractivity contribution is 5.94. The molecule has 0 fully saturated rings. The summed E-state index contributed by atoms with van der Waals surface area (Å²) < 4.78 is 0. The SMILES string of the molecule is CC(NC(=O)C(CCC(=O)O)NC(=O)C(CO)NC(=O)C(N)CO)C(=O)O. The summed E-state index contributed by atoms with van der Waals surface area (Å²) in [5.41, 5.74) is 5.27. The smallest absolute Gasteiger partial charge is 0.325 e. The van der Waals surface area contributed by atoms with Gasteiger partial charge >= 0.3 is 11.9 Å². The molecule has 0 rings (SSSR count). The molecule has 4 unspecified atom stereocenters. The number of nitrogens with two attached hydrogens (primary N) is 1. The van der Waals surface area contributed by atoms with Crippen molar-refractivity contribution in [3.05, 3.63) is 0 Å². The fourth-order valence-electron chi connectivity index (χ4n) is 1.74. The first-order valence-electron chi connectivity index (χ1n) is 7.86. The Bertz CT molecular complexity index is 569. The lowest BCUT2D eigenvalue weighted by Crippen LogP contribution is -2.58. The second kappa shape index (κ2) is 11.8. The molecule has 0 radical (unpaired) electrons. The summed E-state index contributed by atoms with van der Waals surface area (Å²) in [5, 5.41) is 41.9. The number of carboxylic acid groups (broad SMARTS) is 2. The van der Waals surface area contributed by atoms with Gasteiger partial charge in [-0.1, -0.05) is 0 Å². The van der Waals surface area contributed by atoms with Gasteiger partial charge in [-0.2, -0.15) is 0 Å². The van der Waals surface area contributed by atoms with Crippen LogP contribution in [-0.4, -0.2) is 87.5 Å². The molecule has 154 valence electrons. The summed E-state index contributed by atoms with van der Waals surface area (Å²) in [4.78, 5) is 57.4. The van der Waals surface area contributed by atoms with Crippen molar-refractivity contribution < 1.29 is 44.4 Å². The summed E-state index contributed by atoms with van der Waals surface area (Å²) in [6, 6.07) is -5.58. The van der Waals surface area contributed by atoms with Gasteiger partial charge in [-0.3, -0.25) is 24.0 Å². The summed E-state index contributed by atoms with van der Waals surface area (Å²) >= 11 is 0. The predicted octanol–water partition coefficient (Wildman–Crippen LogP) is -4.28. The fraction of sp³-hybridized carbons (Fsp3) is 0.643. The van der Waals surface area contributed by atoms with Crippen LogP contribution in [0.5, 0.6) is 0 Å². The third kappa shape index (κ3) is 8.94. The zero-order valence-corrected chi connectivity index (χ0v) is 14.5. The van der Waals surface area contributed by atoms with E-state index in [9.17, 15) is 29.1 Å². The standard InChI is InChI=1S/C14H24N4O9/c1-6(14(26)27)16-12(24)8(2-3-10(21)22)17-13(25)9(5-20)18-11(23)7(15)4-19/h6-9,19-20H,2-5,15H2,1H3,(H,16,24)(H,17,25)(H,18,23)(H,21,22)(H,26,27). The second-order valence-corrected chi connectivity index (χ2v) is 5.59. The van der Waals surface area contributed by atoms with Gasteiger partial charge in [0, 0.05) is 6.42 Å². The third-order valence-corrected chi connectivity index (χ3v) is 3.36. The van der Waals surface area contributed by atoms with Gasteiger partial charge in [0.2, 0.25) is 17.7 Å². The van der Waals surface area contributed by atoms with Crippen LogP contribution >= 0.6 is 0 Å². The van der Waals surface area contributed by atoms with Crippen LogP contribution < -0.4 is 21.7 Å². The molecule has 0 saturated carbocycles. The molecule has 0 aromatic carbocycles. The van der Waals surface area contributed by atoms with E-state index in [0.29, 0.717) is 0 Å². The summed E-state index contributed by atoms with van der Waals surface area (Å²) in [5.74, 6) is -5.50. The molecule has 13 heteroatoms. The minimum atomic E-state index is -1.52. The van der Waals surface area contributed by atoms with Crippen LogP contribution in [0.2, 0.25) is 0 Å². The van der Waals surface area contributed by atoms with Crippen molar-refractivity contribution in [1.29, 1.82) is 0 Å². The molecule has 0 aromatic rings. The molecule has 0 aliphatic rings. The number of rotatable bonds is 12. The Morgan fingerprint density at radius 1 is 0.852 bits per heavy atom. The first-order valence-corrected chi connectivity index (χ1v) is 7.86. The molecule has 0 aliphatic carbocycles. The lowest BCUT2D eigenvalue weighted by molar-refractivity contribution is -0.142. The lowest BCUT2D eigenvalue weighted by atomic mass is 10.1. The fourth-order valence-corrected chi connectivity index (χ4v) is 1.74. The Morgan fingerprint density at radius 3 is 1.81 bits per heavy atom. The van der Waals surface area contributed by atoms with Crippen LogP contribution in [0, 0.1) is 0 Å². The molecule has 0 spiro atoms. The van der Waals surface area contributed by atoms with E-state index in [-0.39, 0.29) is 6.42 Å². The molecule has 3 amide bonds. The number of aliphatic carboxylic acids is 2. The maximum absolute atomic E-state index is 12.2. The summed E-state index contributed by atoms with van der Waals surface area (Å²) in [6.45, 7) is -0.403. The number of aliphatic hydroxyl groups is 2. The number of carboxylic acids is 2. The quantitative estimate of drug-likeness (QED) is 0.159. The van der Waals surface area contributed by atoms with Crippen LogP contribution in [0.1, 0.15) is 19.8 Å². The minimum absolute atomic E-state index is 0.360. The van der Waals surface area contributed by atoms with E-state index in [2.05, 4.69) is 16.0 Å². The van der Waals surface area contributed by atoms with E-state index in [1.54, 1.807) is 0 Å². The van der Waals surface area contributed by atoms with E-state index < -0.39 is 73.5 Å². The predicted molar refractivity (Wildman–Crippen MR) is 88.1 cm³/mol. The number of aliphatic hydroxyl groups excluding tert-OH is 2. The molecule has 0 aliphatic heterocycles. The average Bonchev–Trinajstić information content (AvgIpc) is 2.61. The average molecular weight is 392 g/mol. The van der Waals surface area contributed by atoms with Gasteiger partial charge in [0.1, 0.15) is 24.2 Å². The van der Waals surface area contributed by atoms with E-state index in [1.807, 2.05) is 0 Å². The summed E-state index contributed by atoms with van der Waals surface area (Å²) in [6.07, 6.45) is -0.868. The van der Waals surface area contributed by atoms with Gasteiger partial charge < -0.3 is 42.1 Å². The Kier molecular flexibility index (Phi) is 10.6. The van der Waals surface area contributed by atoms with Crippen molar-refractivity contribution in [3.63, 3.8) is 0 Å². The van der Waals surface area contributed by atoms with Crippen molar-refractivity contribution in [1.82, 2.24) is 16.0 Å². The van der Waals surface area contributed by atoms with Gasteiger partial charge in [-0.25, -0.2) is 0 Å². The minimum Gasteiger partial charge on any atom is -0.481 e. The third-order valence-electron chi connectivity index (χ3n) is 3.36. The van der Waals surface area contributed by atoms with Crippen LogP contribution in [0.15, 0.2) is 0 Å². The van der Waals surface area contributed by atoms with Crippen LogP contribution in [0.25, 0.3) is 0 Å². The molecule has 4 atom stereocenters. The molecule has 0 saturated heterocycles. The largest absolute Gasteiger partial charge is 0.481 e. The lowest BCUT2D eigenvalue weighted by Gasteiger charge is -2.23. The van der Waals surface area contributed by atoms with E-state index in [1.165, 1.54) is 6.92 Å². The molecule has 9 N–H and O–H groups in total. The molecular formula is C14H24N4O9. The molecule has 0 heterocycles. The van der Waals surface area contributed by atoms with Gasteiger partial charge in [0.15, 0.2) is 0 Å². The Morgan fingerprint density at radius 2 is 1.37 bits per heavy atom. The van der Waals surface area contributed by atoms with E-state index >= 15 is 0 Å². The Labute approximate surface area is 153 Å². The van der Waals surface area contributed by atoms with Gasteiger partial charge in [0.25, 0.3) is 0 Å². The molecular weight excluding hydrogens is 368 g/mol. The van der Waals surface area contributed by atoms with Crippen molar-refractivity contribution in [2.75, 3.05) is 13.2 Å². The normalized spacial score (nSPS) is 15.0. The molecule has 0 bridgehead atoms. The highest BCUT2D eigenvalue weighted by atomic mass is 16.4. The highest BCUT2D eigenvalue weighted by Gasteiger charge is 2.29. The van der Waals surface area contributed by atoms with Crippen molar-refractivity contribution >= 4 is 29.7 Å². The van der Waals surface area contributed by atoms with Crippen LogP contribution in [-0.2, 0) is 24.0 Å².